The van der Waals surface area contributed by atoms with Crippen LogP contribution in [0, 0.1) is 0 Å². The van der Waals surface area contributed by atoms with Gasteiger partial charge < -0.3 is 10.6 Å². The Morgan fingerprint density at radius 2 is 1.78 bits per heavy atom. The van der Waals surface area contributed by atoms with Gasteiger partial charge in [0.05, 0.1) is 4.90 Å². The zero-order valence-electron chi connectivity index (χ0n) is 19.2. The van der Waals surface area contributed by atoms with Gasteiger partial charge in [0, 0.05) is 45.5 Å². The van der Waals surface area contributed by atoms with Gasteiger partial charge in [-0.1, -0.05) is 43.3 Å². The molecule has 0 amide bonds. The number of nitrogens with one attached hydrogen (secondary N) is 2. The lowest BCUT2D eigenvalue weighted by molar-refractivity contribution is 0.174. The van der Waals surface area contributed by atoms with Gasteiger partial charge in [0.25, 0.3) is 0 Å². The predicted molar refractivity (Wildman–Crippen MR) is 143 cm³/mol. The Morgan fingerprint density at radius 1 is 1.09 bits per heavy atom. The van der Waals surface area contributed by atoms with Gasteiger partial charge in [-0.25, -0.2) is 8.42 Å². The molecule has 0 fully saturated rings. The van der Waals surface area contributed by atoms with Crippen LogP contribution in [-0.4, -0.2) is 58.3 Å². The summed E-state index contributed by atoms with van der Waals surface area (Å²) in [5.41, 5.74) is 4.01. The third kappa shape index (κ3) is 7.45. The molecule has 0 spiro atoms. The van der Waals surface area contributed by atoms with E-state index in [9.17, 15) is 8.42 Å². The average Bonchev–Trinajstić information content (AvgIpc) is 2.78. The van der Waals surface area contributed by atoms with Crippen molar-refractivity contribution in [3.05, 3.63) is 65.2 Å². The van der Waals surface area contributed by atoms with E-state index in [1.165, 1.54) is 17.4 Å². The van der Waals surface area contributed by atoms with Crippen molar-refractivity contribution in [2.75, 3.05) is 32.9 Å². The zero-order valence-corrected chi connectivity index (χ0v) is 22.3. The molecule has 32 heavy (non-hydrogen) atoms. The summed E-state index contributed by atoms with van der Waals surface area (Å²) in [6.07, 6.45) is 4.22. The van der Waals surface area contributed by atoms with Gasteiger partial charge in [-0.2, -0.15) is 0 Å². The Morgan fingerprint density at radius 3 is 2.41 bits per heavy atom. The molecule has 2 N–H and O–H groups in total. The highest BCUT2D eigenvalue weighted by Gasteiger charge is 2.22. The van der Waals surface area contributed by atoms with Crippen LogP contribution in [0.5, 0.6) is 0 Å². The van der Waals surface area contributed by atoms with Crippen molar-refractivity contribution in [1.82, 2.24) is 15.5 Å². The number of aliphatic imine (C=N–C) groups is 1. The molecule has 1 aliphatic heterocycles. The monoisotopic (exact) mass is 570 g/mol. The highest BCUT2D eigenvalue weighted by molar-refractivity contribution is 14.0. The first-order valence-corrected chi connectivity index (χ1v) is 12.8. The maximum atomic E-state index is 11.6. The molecule has 0 bridgehead atoms. The lowest BCUT2D eigenvalue weighted by Gasteiger charge is -2.35. The van der Waals surface area contributed by atoms with Crippen LogP contribution in [0.4, 0.5) is 0 Å². The Balaban J connectivity index is 0.00000363. The van der Waals surface area contributed by atoms with Gasteiger partial charge in [0.15, 0.2) is 15.8 Å². The van der Waals surface area contributed by atoms with Crippen LogP contribution in [0.15, 0.2) is 58.4 Å². The molecule has 0 saturated carbocycles. The smallest absolute Gasteiger partial charge is 0.191 e. The summed E-state index contributed by atoms with van der Waals surface area (Å²) >= 11 is 0. The van der Waals surface area contributed by atoms with Crippen LogP contribution >= 0.6 is 24.0 Å². The highest BCUT2D eigenvalue weighted by atomic mass is 127. The summed E-state index contributed by atoms with van der Waals surface area (Å²) < 4.78 is 23.1. The Bertz CT molecular complexity index is 993. The minimum Gasteiger partial charge on any atom is -0.356 e. The van der Waals surface area contributed by atoms with Crippen molar-refractivity contribution in [3.8, 4) is 0 Å². The molecule has 1 unspecified atom stereocenters. The molecule has 0 saturated heterocycles. The van der Waals surface area contributed by atoms with E-state index in [4.69, 9.17) is 0 Å². The Labute approximate surface area is 209 Å². The fourth-order valence-electron chi connectivity index (χ4n) is 4.02. The second-order valence-corrected chi connectivity index (χ2v) is 10.1. The molecule has 0 aromatic heterocycles. The molecule has 176 valence electrons. The number of nitrogens with zero attached hydrogens (tertiary/aromatic N) is 2. The van der Waals surface area contributed by atoms with E-state index in [1.54, 1.807) is 19.2 Å². The Hall–Kier alpha value is -1.65. The quantitative estimate of drug-likeness (QED) is 0.290. The topological polar surface area (TPSA) is 73.8 Å². The summed E-state index contributed by atoms with van der Waals surface area (Å²) in [6.45, 7) is 5.91. The number of rotatable bonds is 8. The molecule has 8 heteroatoms. The summed E-state index contributed by atoms with van der Waals surface area (Å²) in [5, 5.41) is 6.84. The normalized spacial score (nSPS) is 15.4. The van der Waals surface area contributed by atoms with Gasteiger partial charge >= 0.3 is 0 Å². The summed E-state index contributed by atoms with van der Waals surface area (Å²) in [4.78, 5) is 7.27. The van der Waals surface area contributed by atoms with E-state index in [-0.39, 0.29) is 24.0 Å². The molecule has 2 aromatic rings. The van der Waals surface area contributed by atoms with Gasteiger partial charge in [-0.3, -0.25) is 9.89 Å². The van der Waals surface area contributed by atoms with Gasteiger partial charge in [-0.05, 0) is 48.1 Å². The maximum Gasteiger partial charge on any atom is 0.191 e. The van der Waals surface area contributed by atoms with Crippen molar-refractivity contribution < 1.29 is 8.42 Å². The fraction of sp³-hybridized carbons (Fsp3) is 0.458. The van der Waals surface area contributed by atoms with Crippen molar-refractivity contribution >= 4 is 39.8 Å². The summed E-state index contributed by atoms with van der Waals surface area (Å²) in [7, 11) is -1.36. The van der Waals surface area contributed by atoms with Crippen LogP contribution in [0.3, 0.4) is 0 Å². The molecule has 2 aromatic carbocycles. The van der Waals surface area contributed by atoms with Gasteiger partial charge in [-0.15, -0.1) is 24.0 Å². The van der Waals surface area contributed by atoms with Crippen LogP contribution in [-0.2, 0) is 29.2 Å². The van der Waals surface area contributed by atoms with Crippen LogP contribution in [0.1, 0.15) is 30.0 Å². The van der Waals surface area contributed by atoms with Crippen LogP contribution in [0.2, 0.25) is 0 Å². The van der Waals surface area contributed by atoms with Gasteiger partial charge in [0.1, 0.15) is 0 Å². The van der Waals surface area contributed by atoms with Gasteiger partial charge in [0.2, 0.25) is 0 Å². The van der Waals surface area contributed by atoms with Crippen molar-refractivity contribution in [2.24, 2.45) is 4.99 Å². The second kappa shape index (κ2) is 12.6. The first-order valence-electron chi connectivity index (χ1n) is 10.9. The zero-order chi connectivity index (χ0) is 22.3. The number of halogens is 1. The maximum absolute atomic E-state index is 11.6. The SMILES string of the molecule is CCC(CNC(=NC)NCCc1ccc(S(C)(=O)=O)cc1)N1CCc2ccccc2C1.I. The number of benzene rings is 2. The first kappa shape index (κ1) is 26.6. The number of fused-ring (bicyclic) bond motifs is 1. The van der Waals surface area contributed by atoms with E-state index in [0.717, 1.165) is 57.0 Å². The lowest BCUT2D eigenvalue weighted by Crippen LogP contribution is -2.48. The highest BCUT2D eigenvalue weighted by Crippen LogP contribution is 2.21. The molecule has 1 atom stereocenters. The third-order valence-corrected chi connectivity index (χ3v) is 7.06. The second-order valence-electron chi connectivity index (χ2n) is 8.10. The molecule has 6 nitrogen and oxygen atoms in total. The van der Waals surface area contributed by atoms with E-state index in [2.05, 4.69) is 51.7 Å². The minimum absolute atomic E-state index is 0. The number of sulfone groups is 1. The van der Waals surface area contributed by atoms with Crippen LogP contribution < -0.4 is 10.6 Å². The molecule has 1 aliphatic rings. The van der Waals surface area contributed by atoms with Crippen molar-refractivity contribution in [3.63, 3.8) is 0 Å². The van der Waals surface area contributed by atoms with E-state index in [0.29, 0.717) is 10.9 Å². The fourth-order valence-corrected chi connectivity index (χ4v) is 4.65. The summed E-state index contributed by atoms with van der Waals surface area (Å²) in [6, 6.07) is 16.3. The van der Waals surface area contributed by atoms with E-state index >= 15 is 0 Å². The molecular formula is C24H35IN4O2S. The molecular weight excluding hydrogens is 535 g/mol. The predicted octanol–water partition coefficient (Wildman–Crippen LogP) is 3.25. The molecule has 3 rings (SSSR count). The molecule has 1 heterocycles. The van der Waals surface area contributed by atoms with Crippen LogP contribution in [0.25, 0.3) is 0 Å². The molecule has 0 radical (unpaired) electrons. The third-order valence-electron chi connectivity index (χ3n) is 5.93. The van der Waals surface area contributed by atoms with E-state index in [1.807, 2.05) is 12.1 Å². The number of hydrogen-bond acceptors (Lipinski definition) is 4. The standard InChI is InChI=1S/C24H34N4O2S.HI/c1-4-22(28-16-14-20-7-5-6-8-21(20)18-28)17-27-24(25-2)26-15-13-19-9-11-23(12-10-19)31(3,29)30;/h5-12,22H,4,13-18H2,1-3H3,(H2,25,26,27);1H. The number of guanidine groups is 1. The number of hydrogen-bond donors (Lipinski definition) is 2. The minimum atomic E-state index is -3.15. The van der Waals surface area contributed by atoms with Crippen molar-refractivity contribution in [1.29, 1.82) is 0 Å². The lowest BCUT2D eigenvalue weighted by atomic mass is 9.98. The summed E-state index contributed by atoms with van der Waals surface area (Å²) in [5.74, 6) is 0.795. The Kier molecular flexibility index (Phi) is 10.4. The largest absolute Gasteiger partial charge is 0.356 e. The first-order chi connectivity index (χ1) is 14.9. The van der Waals surface area contributed by atoms with E-state index < -0.39 is 9.84 Å². The average molecular weight is 571 g/mol. The molecule has 0 aliphatic carbocycles. The van der Waals surface area contributed by atoms with Crippen molar-refractivity contribution in [2.45, 2.75) is 43.7 Å².